The minimum Gasteiger partial charge on any atom is -0.383 e. The smallest absolute Gasteiger partial charge is 0.272 e. The summed E-state index contributed by atoms with van der Waals surface area (Å²) in [7, 11) is -1.76. The molecule has 8 nitrogen and oxygen atoms in total. The molecule has 1 aromatic carbocycles. The molecule has 0 aliphatic rings. The molecule has 26 heavy (non-hydrogen) atoms. The maximum absolute atomic E-state index is 12.4. The van der Waals surface area contributed by atoms with Crippen molar-refractivity contribution in [2.45, 2.75) is 24.4 Å². The molecule has 1 heterocycles. The Balaban J connectivity index is 2.12. The van der Waals surface area contributed by atoms with Crippen LogP contribution in [0.3, 0.4) is 0 Å². The molecule has 0 aliphatic heterocycles. The van der Waals surface area contributed by atoms with Crippen LogP contribution < -0.4 is 10.9 Å². The fourth-order valence-electron chi connectivity index (χ4n) is 2.27. The number of aromatic nitrogens is 2. The van der Waals surface area contributed by atoms with Crippen LogP contribution in [0, 0.1) is 0 Å². The summed E-state index contributed by atoms with van der Waals surface area (Å²) >= 11 is 0. The van der Waals surface area contributed by atoms with Crippen molar-refractivity contribution in [1.82, 2.24) is 15.1 Å². The molecule has 140 valence electrons. The van der Waals surface area contributed by atoms with Crippen molar-refractivity contribution in [1.29, 1.82) is 0 Å². The Bertz CT molecular complexity index is 936. The van der Waals surface area contributed by atoms with Crippen molar-refractivity contribution in [2.75, 3.05) is 20.0 Å². The lowest BCUT2D eigenvalue weighted by molar-refractivity contribution is 0.0931. The minimum atomic E-state index is -3.27. The molecule has 1 atom stereocenters. The summed E-state index contributed by atoms with van der Waals surface area (Å²) in [5.74, 6) is -0.434. The Hall–Kier alpha value is -2.52. The van der Waals surface area contributed by atoms with E-state index in [0.29, 0.717) is 6.61 Å². The Morgan fingerprint density at radius 1 is 1.23 bits per heavy atom. The van der Waals surface area contributed by atoms with Gasteiger partial charge in [0.2, 0.25) is 0 Å². The van der Waals surface area contributed by atoms with E-state index in [9.17, 15) is 18.0 Å². The lowest BCUT2D eigenvalue weighted by atomic mass is 10.1. The third-order valence-electron chi connectivity index (χ3n) is 3.76. The van der Waals surface area contributed by atoms with E-state index in [-0.39, 0.29) is 28.7 Å². The molecule has 0 fully saturated rings. The fourth-order valence-corrected chi connectivity index (χ4v) is 2.90. The maximum atomic E-state index is 12.4. The van der Waals surface area contributed by atoms with Crippen LogP contribution in [0.2, 0.25) is 0 Å². The zero-order chi connectivity index (χ0) is 19.3. The molecule has 9 heteroatoms. The summed E-state index contributed by atoms with van der Waals surface area (Å²) in [6.07, 6.45) is 1.14. The third-order valence-corrected chi connectivity index (χ3v) is 4.89. The summed E-state index contributed by atoms with van der Waals surface area (Å²) in [5, 5.41) is 6.81. The van der Waals surface area contributed by atoms with Gasteiger partial charge in [-0.25, -0.2) is 13.1 Å². The molecule has 2 aromatic rings. The topological polar surface area (TPSA) is 107 Å². The van der Waals surface area contributed by atoms with E-state index >= 15 is 0 Å². The van der Waals surface area contributed by atoms with Gasteiger partial charge in [0.1, 0.15) is 5.69 Å². The van der Waals surface area contributed by atoms with Crippen LogP contribution in [0.25, 0.3) is 0 Å². The van der Waals surface area contributed by atoms with Crippen LogP contribution in [0.1, 0.15) is 29.0 Å². The number of sulfone groups is 1. The first kappa shape index (κ1) is 19.8. The first-order chi connectivity index (χ1) is 12.2. The molecule has 2 rings (SSSR count). The summed E-state index contributed by atoms with van der Waals surface area (Å²) < 4.78 is 29.1. The molecule has 0 bridgehead atoms. The van der Waals surface area contributed by atoms with Crippen LogP contribution in [0.5, 0.6) is 0 Å². The lowest BCUT2D eigenvalue weighted by Gasteiger charge is -2.15. The van der Waals surface area contributed by atoms with Crippen LogP contribution in [-0.2, 0) is 21.1 Å². The minimum absolute atomic E-state index is 0.111. The summed E-state index contributed by atoms with van der Waals surface area (Å²) in [6, 6.07) is 8.57. The highest BCUT2D eigenvalue weighted by Crippen LogP contribution is 2.16. The Kier molecular flexibility index (Phi) is 6.27. The van der Waals surface area contributed by atoms with Crippen molar-refractivity contribution in [3.8, 4) is 0 Å². The lowest BCUT2D eigenvalue weighted by Crippen LogP contribution is -2.31. The van der Waals surface area contributed by atoms with Crippen molar-refractivity contribution < 1.29 is 17.9 Å². The molecule has 0 saturated heterocycles. The Morgan fingerprint density at radius 3 is 2.46 bits per heavy atom. The average Bonchev–Trinajstić information content (AvgIpc) is 2.60. The van der Waals surface area contributed by atoms with Gasteiger partial charge in [-0.2, -0.15) is 5.10 Å². The van der Waals surface area contributed by atoms with E-state index in [2.05, 4.69) is 10.4 Å². The van der Waals surface area contributed by atoms with Gasteiger partial charge in [-0.15, -0.1) is 0 Å². The predicted octanol–water partition coefficient (Wildman–Crippen LogP) is 0.784. The molecule has 0 aliphatic carbocycles. The number of hydrogen-bond donors (Lipinski definition) is 1. The summed E-state index contributed by atoms with van der Waals surface area (Å²) in [6.45, 7) is 2.33. The second-order valence-electron chi connectivity index (χ2n) is 5.81. The molecule has 0 saturated carbocycles. The van der Waals surface area contributed by atoms with Crippen molar-refractivity contribution >= 4 is 15.7 Å². The van der Waals surface area contributed by atoms with Crippen LogP contribution in [0.4, 0.5) is 0 Å². The van der Waals surface area contributed by atoms with Crippen LogP contribution in [0.15, 0.2) is 46.1 Å². The van der Waals surface area contributed by atoms with Gasteiger partial charge < -0.3 is 10.1 Å². The van der Waals surface area contributed by atoms with Gasteiger partial charge in [-0.1, -0.05) is 12.1 Å². The van der Waals surface area contributed by atoms with E-state index in [0.717, 1.165) is 11.8 Å². The second-order valence-corrected chi connectivity index (χ2v) is 7.82. The normalized spacial score (nSPS) is 12.6. The highest BCUT2D eigenvalue weighted by atomic mass is 32.2. The van der Waals surface area contributed by atoms with Gasteiger partial charge in [0.15, 0.2) is 9.84 Å². The van der Waals surface area contributed by atoms with Gasteiger partial charge in [0, 0.05) is 19.4 Å². The van der Waals surface area contributed by atoms with Gasteiger partial charge in [0.05, 0.1) is 24.1 Å². The number of methoxy groups -OCH3 is 1. The van der Waals surface area contributed by atoms with Crippen molar-refractivity contribution in [3.05, 3.63) is 58.0 Å². The SMILES string of the molecule is COCCn1nc(C(=O)N[C@@H](C)c2ccc(S(C)(=O)=O)cc2)ccc1=O. The van der Waals surface area contributed by atoms with Gasteiger partial charge in [-0.3, -0.25) is 9.59 Å². The number of hydrogen-bond acceptors (Lipinski definition) is 6. The number of nitrogens with zero attached hydrogens (tertiary/aromatic N) is 2. The molecule has 1 aromatic heterocycles. The first-order valence-corrected chi connectivity index (χ1v) is 9.79. The third kappa shape index (κ3) is 4.99. The highest BCUT2D eigenvalue weighted by molar-refractivity contribution is 7.90. The number of benzene rings is 1. The van der Waals surface area contributed by atoms with E-state index < -0.39 is 15.7 Å². The number of carbonyl (C=O) groups is 1. The second kappa shape index (κ2) is 8.24. The molecule has 0 radical (unpaired) electrons. The largest absolute Gasteiger partial charge is 0.383 e. The molecular formula is C17H21N3O5S. The van der Waals surface area contributed by atoms with Crippen LogP contribution >= 0.6 is 0 Å². The zero-order valence-electron chi connectivity index (χ0n) is 14.8. The van der Waals surface area contributed by atoms with E-state index in [1.807, 2.05) is 0 Å². The quantitative estimate of drug-likeness (QED) is 0.762. The monoisotopic (exact) mass is 379 g/mol. The Morgan fingerprint density at radius 2 is 1.88 bits per heavy atom. The van der Waals surface area contributed by atoms with Crippen LogP contribution in [-0.4, -0.2) is 44.1 Å². The number of ether oxygens (including phenoxy) is 1. The Labute approximate surface area is 151 Å². The van der Waals surface area contributed by atoms with E-state index in [1.54, 1.807) is 19.1 Å². The van der Waals surface area contributed by atoms with E-state index in [1.165, 1.54) is 36.1 Å². The number of carbonyl (C=O) groups excluding carboxylic acids is 1. The standard InChI is InChI=1S/C17H21N3O5S/c1-12(13-4-6-14(7-5-13)26(3,23)24)18-17(22)15-8-9-16(21)20(19-15)10-11-25-2/h4-9,12H,10-11H2,1-3H3,(H,18,22)/t12-/m0/s1. The molecule has 1 N–H and O–H groups in total. The molecular weight excluding hydrogens is 358 g/mol. The number of amides is 1. The van der Waals surface area contributed by atoms with Gasteiger partial charge >= 0.3 is 0 Å². The van der Waals surface area contributed by atoms with Gasteiger partial charge in [0.25, 0.3) is 11.5 Å². The fraction of sp³-hybridized carbons (Fsp3) is 0.353. The van der Waals surface area contributed by atoms with Gasteiger partial charge in [-0.05, 0) is 30.7 Å². The predicted molar refractivity (Wildman–Crippen MR) is 95.8 cm³/mol. The molecule has 1 amide bonds. The number of rotatable bonds is 7. The molecule has 0 unspecified atom stereocenters. The zero-order valence-corrected chi connectivity index (χ0v) is 15.6. The maximum Gasteiger partial charge on any atom is 0.272 e. The van der Waals surface area contributed by atoms with E-state index in [4.69, 9.17) is 4.74 Å². The molecule has 0 spiro atoms. The first-order valence-electron chi connectivity index (χ1n) is 7.90. The average molecular weight is 379 g/mol. The van der Waals surface area contributed by atoms with Crippen molar-refractivity contribution in [2.24, 2.45) is 0 Å². The summed E-state index contributed by atoms with van der Waals surface area (Å²) in [4.78, 5) is 24.3. The highest BCUT2D eigenvalue weighted by Gasteiger charge is 2.15. The summed E-state index contributed by atoms with van der Waals surface area (Å²) in [5.41, 5.74) is 0.543. The number of nitrogens with one attached hydrogen (secondary N) is 1. The van der Waals surface area contributed by atoms with Crippen molar-refractivity contribution in [3.63, 3.8) is 0 Å².